The predicted octanol–water partition coefficient (Wildman–Crippen LogP) is 0.797. The highest BCUT2D eigenvalue weighted by molar-refractivity contribution is 5.94. The Bertz CT molecular complexity index is 836. The van der Waals surface area contributed by atoms with Crippen molar-refractivity contribution in [2.75, 3.05) is 0 Å². The summed E-state index contributed by atoms with van der Waals surface area (Å²) in [6.45, 7) is 9.27. The molecule has 176 valence electrons. The number of rotatable bonds is 7. The van der Waals surface area contributed by atoms with Crippen molar-refractivity contribution in [2.24, 2.45) is 0 Å². The molecule has 0 aliphatic rings. The maximum atomic E-state index is 12.3. The van der Waals surface area contributed by atoms with E-state index in [4.69, 9.17) is 9.57 Å². The van der Waals surface area contributed by atoms with Crippen LogP contribution >= 0.6 is 0 Å². The summed E-state index contributed by atoms with van der Waals surface area (Å²) in [5.74, 6) is -2.79. The SMILES string of the molecule is CC(NC(=O)OC(C)(C)C)C(=O)NC(C)C(=O)NC(C)C(=O)NOC(=O)c1ccccc1. The molecule has 0 heterocycles. The molecule has 3 atom stereocenters. The summed E-state index contributed by atoms with van der Waals surface area (Å²) < 4.78 is 5.07. The average Bonchev–Trinajstić information content (AvgIpc) is 2.70. The van der Waals surface area contributed by atoms with Gasteiger partial charge in [0.2, 0.25) is 11.8 Å². The molecule has 0 radical (unpaired) electrons. The highest BCUT2D eigenvalue weighted by Crippen LogP contribution is 2.06. The number of alkyl carbamates (subject to hydrolysis) is 1. The van der Waals surface area contributed by atoms with E-state index in [-0.39, 0.29) is 5.56 Å². The van der Waals surface area contributed by atoms with Crippen LogP contribution < -0.4 is 21.4 Å². The van der Waals surface area contributed by atoms with E-state index in [2.05, 4.69) is 16.0 Å². The van der Waals surface area contributed by atoms with Crippen molar-refractivity contribution in [3.8, 4) is 0 Å². The number of hydroxylamine groups is 1. The second-order valence-corrected chi connectivity index (χ2v) is 8.05. The summed E-state index contributed by atoms with van der Waals surface area (Å²) in [6.07, 6.45) is -0.771. The minimum atomic E-state index is -1.05. The van der Waals surface area contributed by atoms with Crippen LogP contribution in [0.2, 0.25) is 0 Å². The monoisotopic (exact) mass is 450 g/mol. The van der Waals surface area contributed by atoms with E-state index in [1.54, 1.807) is 39.0 Å². The van der Waals surface area contributed by atoms with Crippen molar-refractivity contribution in [3.05, 3.63) is 35.9 Å². The van der Waals surface area contributed by atoms with Crippen LogP contribution in [0.3, 0.4) is 0 Å². The summed E-state index contributed by atoms with van der Waals surface area (Å²) in [5, 5.41) is 7.18. The molecule has 0 spiro atoms. The Morgan fingerprint density at radius 1 is 0.750 bits per heavy atom. The Morgan fingerprint density at radius 2 is 1.22 bits per heavy atom. The molecule has 0 saturated heterocycles. The third kappa shape index (κ3) is 9.45. The number of carbonyl (C=O) groups excluding carboxylic acids is 5. The van der Waals surface area contributed by atoms with Crippen molar-refractivity contribution >= 4 is 29.8 Å². The third-order valence-corrected chi connectivity index (χ3v) is 3.88. The lowest BCUT2D eigenvalue weighted by Gasteiger charge is -2.23. The van der Waals surface area contributed by atoms with Crippen molar-refractivity contribution in [2.45, 2.75) is 65.3 Å². The zero-order valence-electron chi connectivity index (χ0n) is 19.0. The minimum absolute atomic E-state index is 0.245. The van der Waals surface area contributed by atoms with Crippen LogP contribution in [0, 0.1) is 0 Å². The molecule has 0 aromatic heterocycles. The predicted molar refractivity (Wildman–Crippen MR) is 114 cm³/mol. The van der Waals surface area contributed by atoms with Crippen molar-refractivity contribution in [3.63, 3.8) is 0 Å². The van der Waals surface area contributed by atoms with Crippen LogP contribution in [-0.4, -0.2) is 53.5 Å². The summed E-state index contributed by atoms with van der Waals surface area (Å²) in [6, 6.07) is 5.02. The molecule has 0 aliphatic carbocycles. The quantitative estimate of drug-likeness (QED) is 0.448. The Morgan fingerprint density at radius 3 is 1.72 bits per heavy atom. The molecule has 0 aliphatic heterocycles. The van der Waals surface area contributed by atoms with Gasteiger partial charge in [0, 0.05) is 0 Å². The van der Waals surface area contributed by atoms with Gasteiger partial charge >= 0.3 is 12.1 Å². The second-order valence-electron chi connectivity index (χ2n) is 8.05. The van der Waals surface area contributed by atoms with Crippen LogP contribution in [0.5, 0.6) is 0 Å². The van der Waals surface area contributed by atoms with Crippen molar-refractivity contribution in [1.82, 2.24) is 21.4 Å². The van der Waals surface area contributed by atoms with Crippen LogP contribution in [0.1, 0.15) is 51.9 Å². The maximum Gasteiger partial charge on any atom is 0.408 e. The van der Waals surface area contributed by atoms with Gasteiger partial charge in [-0.2, -0.15) is 5.48 Å². The Hall–Kier alpha value is -3.63. The average molecular weight is 450 g/mol. The van der Waals surface area contributed by atoms with Gasteiger partial charge in [-0.3, -0.25) is 14.4 Å². The fraction of sp³-hybridized carbons (Fsp3) is 0.476. The summed E-state index contributed by atoms with van der Waals surface area (Å²) in [4.78, 5) is 64.8. The lowest BCUT2D eigenvalue weighted by atomic mass is 10.2. The first-order chi connectivity index (χ1) is 14.8. The molecule has 11 nitrogen and oxygen atoms in total. The molecule has 0 bridgehead atoms. The van der Waals surface area contributed by atoms with E-state index in [1.807, 2.05) is 5.48 Å². The fourth-order valence-corrected chi connectivity index (χ4v) is 2.18. The molecular formula is C21H30N4O7. The van der Waals surface area contributed by atoms with E-state index < -0.39 is 53.5 Å². The van der Waals surface area contributed by atoms with E-state index in [9.17, 15) is 24.0 Å². The summed E-state index contributed by atoms with van der Waals surface area (Å²) in [7, 11) is 0. The van der Waals surface area contributed by atoms with Gasteiger partial charge in [-0.05, 0) is 53.7 Å². The van der Waals surface area contributed by atoms with Gasteiger partial charge < -0.3 is 25.5 Å². The molecule has 1 aromatic carbocycles. The van der Waals surface area contributed by atoms with E-state index in [0.29, 0.717) is 0 Å². The first-order valence-corrected chi connectivity index (χ1v) is 9.96. The van der Waals surface area contributed by atoms with Gasteiger partial charge in [0.15, 0.2) is 0 Å². The van der Waals surface area contributed by atoms with E-state index in [0.717, 1.165) is 0 Å². The largest absolute Gasteiger partial charge is 0.444 e. The summed E-state index contributed by atoms with van der Waals surface area (Å²) >= 11 is 0. The molecular weight excluding hydrogens is 420 g/mol. The Kier molecular flexibility index (Phi) is 9.64. The second kappa shape index (κ2) is 11.7. The molecule has 0 saturated carbocycles. The number of carbonyl (C=O) groups is 5. The van der Waals surface area contributed by atoms with Gasteiger partial charge in [0.05, 0.1) is 5.56 Å². The number of amides is 4. The Balaban J connectivity index is 2.45. The van der Waals surface area contributed by atoms with Gasteiger partial charge in [-0.15, -0.1) is 0 Å². The van der Waals surface area contributed by atoms with Crippen LogP contribution in [0.25, 0.3) is 0 Å². The van der Waals surface area contributed by atoms with Crippen molar-refractivity contribution < 1.29 is 33.5 Å². The topological polar surface area (TPSA) is 152 Å². The molecule has 32 heavy (non-hydrogen) atoms. The first kappa shape index (κ1) is 26.4. The number of benzene rings is 1. The van der Waals surface area contributed by atoms with Crippen LogP contribution in [0.4, 0.5) is 4.79 Å². The minimum Gasteiger partial charge on any atom is -0.444 e. The normalized spacial score (nSPS) is 13.6. The molecule has 1 rings (SSSR count). The van der Waals surface area contributed by atoms with E-state index >= 15 is 0 Å². The number of hydrogen-bond donors (Lipinski definition) is 4. The summed E-state index contributed by atoms with van der Waals surface area (Å²) in [5.41, 5.74) is 1.49. The standard InChI is InChI=1S/C21H30N4O7/c1-12(22-17(27)13(2)24-20(30)31-21(4,5)6)16(26)23-14(3)18(28)25-32-19(29)15-10-8-7-9-11-15/h7-14H,1-6H3,(H,22,27)(H,23,26)(H,24,30)(H,25,28). The van der Waals surface area contributed by atoms with Crippen LogP contribution in [-0.2, 0) is 24.0 Å². The third-order valence-electron chi connectivity index (χ3n) is 3.88. The smallest absolute Gasteiger partial charge is 0.408 e. The van der Waals surface area contributed by atoms with Gasteiger partial charge in [0.1, 0.15) is 23.7 Å². The number of nitrogens with one attached hydrogen (secondary N) is 4. The zero-order valence-corrected chi connectivity index (χ0v) is 19.0. The molecule has 3 unspecified atom stereocenters. The zero-order chi connectivity index (χ0) is 24.5. The Labute approximate surface area is 186 Å². The van der Waals surface area contributed by atoms with E-state index in [1.165, 1.54) is 32.9 Å². The highest BCUT2D eigenvalue weighted by atomic mass is 16.7. The molecule has 11 heteroatoms. The van der Waals surface area contributed by atoms with Crippen LogP contribution in [0.15, 0.2) is 30.3 Å². The fourth-order valence-electron chi connectivity index (χ4n) is 2.18. The number of ether oxygens (including phenoxy) is 1. The molecule has 4 amide bonds. The molecule has 1 aromatic rings. The lowest BCUT2D eigenvalue weighted by Crippen LogP contribution is -2.55. The molecule has 0 fully saturated rings. The molecule has 4 N–H and O–H groups in total. The van der Waals surface area contributed by atoms with Gasteiger partial charge in [-0.25, -0.2) is 9.59 Å². The van der Waals surface area contributed by atoms with Gasteiger partial charge in [-0.1, -0.05) is 18.2 Å². The van der Waals surface area contributed by atoms with Gasteiger partial charge in [0.25, 0.3) is 5.91 Å². The first-order valence-electron chi connectivity index (χ1n) is 9.96. The highest BCUT2D eigenvalue weighted by Gasteiger charge is 2.25. The van der Waals surface area contributed by atoms with Crippen molar-refractivity contribution in [1.29, 1.82) is 0 Å². The number of hydrogen-bond acceptors (Lipinski definition) is 7. The lowest BCUT2D eigenvalue weighted by molar-refractivity contribution is -0.135. The maximum absolute atomic E-state index is 12.3.